The van der Waals surface area contributed by atoms with Crippen molar-refractivity contribution in [2.75, 3.05) is 0 Å². The summed E-state index contributed by atoms with van der Waals surface area (Å²) in [5.74, 6) is -0.335. The van der Waals surface area contributed by atoms with Gasteiger partial charge in [0.05, 0.1) is 10.5 Å². The number of carbonyl (C=O) groups excluding carboxylic acids is 1. The summed E-state index contributed by atoms with van der Waals surface area (Å²) in [5.41, 5.74) is -0.281. The minimum atomic E-state index is -0.689. The zero-order chi connectivity index (χ0) is 17.3. The largest absolute Gasteiger partial charge is 0.423 e. The Morgan fingerprint density at radius 1 is 1.04 bits per heavy atom. The maximum absolute atomic E-state index is 12.2. The number of nitro benzene ring substituents is 1. The molecule has 7 heteroatoms. The Morgan fingerprint density at radius 3 is 2.50 bits per heavy atom. The van der Waals surface area contributed by atoms with Crippen molar-refractivity contribution < 1.29 is 14.5 Å². The summed E-state index contributed by atoms with van der Waals surface area (Å²) >= 11 is 9.13. The van der Waals surface area contributed by atoms with Crippen LogP contribution in [0.1, 0.15) is 10.4 Å². The third-order valence-corrected chi connectivity index (χ3v) is 4.18. The van der Waals surface area contributed by atoms with Gasteiger partial charge in [0.15, 0.2) is 0 Å². The van der Waals surface area contributed by atoms with E-state index in [4.69, 9.17) is 16.3 Å². The fraction of sp³-hybridized carbons (Fsp3) is 0. The Hall–Kier alpha value is -2.44. The van der Waals surface area contributed by atoms with Gasteiger partial charge in [-0.25, -0.2) is 4.79 Å². The predicted octanol–water partition coefficient (Wildman–Crippen LogP) is 5.38. The van der Waals surface area contributed by atoms with Crippen molar-refractivity contribution in [3.8, 4) is 5.75 Å². The lowest BCUT2D eigenvalue weighted by Gasteiger charge is -2.06. The second-order valence-electron chi connectivity index (χ2n) is 4.97. The van der Waals surface area contributed by atoms with Gasteiger partial charge in [-0.1, -0.05) is 39.7 Å². The topological polar surface area (TPSA) is 69.4 Å². The van der Waals surface area contributed by atoms with Crippen LogP contribution in [0.4, 0.5) is 5.69 Å². The van der Waals surface area contributed by atoms with E-state index in [1.165, 1.54) is 12.1 Å². The summed E-state index contributed by atoms with van der Waals surface area (Å²) in [5, 5.41) is 12.8. The van der Waals surface area contributed by atoms with Crippen LogP contribution in [0.5, 0.6) is 5.75 Å². The monoisotopic (exact) mass is 405 g/mol. The highest BCUT2D eigenvalue weighted by molar-refractivity contribution is 9.10. The van der Waals surface area contributed by atoms with E-state index in [0.717, 1.165) is 21.3 Å². The lowest BCUT2D eigenvalue weighted by Crippen LogP contribution is -2.09. The molecule has 3 rings (SSSR count). The summed E-state index contributed by atoms with van der Waals surface area (Å²) < 4.78 is 6.25. The van der Waals surface area contributed by atoms with E-state index in [1.807, 2.05) is 24.3 Å². The van der Waals surface area contributed by atoms with Gasteiger partial charge < -0.3 is 4.74 Å². The van der Waals surface area contributed by atoms with E-state index in [-0.39, 0.29) is 16.3 Å². The molecule has 3 aromatic carbocycles. The molecule has 0 aliphatic heterocycles. The van der Waals surface area contributed by atoms with E-state index in [9.17, 15) is 14.9 Å². The molecule has 0 saturated heterocycles. The van der Waals surface area contributed by atoms with Crippen molar-refractivity contribution in [2.24, 2.45) is 0 Å². The highest BCUT2D eigenvalue weighted by Crippen LogP contribution is 2.27. The fourth-order valence-electron chi connectivity index (χ4n) is 2.20. The van der Waals surface area contributed by atoms with E-state index < -0.39 is 10.9 Å². The maximum atomic E-state index is 12.2. The first-order valence-electron chi connectivity index (χ1n) is 6.79. The normalized spacial score (nSPS) is 10.6. The Balaban J connectivity index is 1.88. The van der Waals surface area contributed by atoms with Gasteiger partial charge in [0.2, 0.25) is 0 Å². The number of nitrogens with zero attached hydrogens (tertiary/aromatic N) is 1. The summed E-state index contributed by atoms with van der Waals surface area (Å²) in [6.07, 6.45) is 0. The van der Waals surface area contributed by atoms with Gasteiger partial charge in [0.1, 0.15) is 10.8 Å². The van der Waals surface area contributed by atoms with Gasteiger partial charge in [-0.3, -0.25) is 10.1 Å². The number of halogens is 2. The SMILES string of the molecule is O=C(Oc1ccc2cc(Br)ccc2c1)c1ccc(Cl)c([N+](=O)[O-])c1. The molecule has 0 bridgehead atoms. The van der Waals surface area contributed by atoms with Crippen LogP contribution >= 0.6 is 27.5 Å². The van der Waals surface area contributed by atoms with Gasteiger partial charge in [0.25, 0.3) is 5.69 Å². The molecule has 0 aromatic heterocycles. The van der Waals surface area contributed by atoms with Gasteiger partial charge in [0, 0.05) is 10.5 Å². The lowest BCUT2D eigenvalue weighted by molar-refractivity contribution is -0.384. The Morgan fingerprint density at radius 2 is 1.75 bits per heavy atom. The fourth-order valence-corrected chi connectivity index (χ4v) is 2.77. The van der Waals surface area contributed by atoms with Crippen LogP contribution in [-0.4, -0.2) is 10.9 Å². The van der Waals surface area contributed by atoms with E-state index in [2.05, 4.69) is 15.9 Å². The molecular weight excluding hydrogens is 398 g/mol. The number of rotatable bonds is 3. The quantitative estimate of drug-likeness (QED) is 0.253. The molecular formula is C17H9BrClNO4. The van der Waals surface area contributed by atoms with Crippen molar-refractivity contribution >= 4 is 50.0 Å². The number of carbonyl (C=O) groups is 1. The first-order valence-corrected chi connectivity index (χ1v) is 7.96. The van der Waals surface area contributed by atoms with Crippen LogP contribution in [0.3, 0.4) is 0 Å². The van der Waals surface area contributed by atoms with Crippen LogP contribution in [-0.2, 0) is 0 Å². The highest BCUT2D eigenvalue weighted by Gasteiger charge is 2.17. The summed E-state index contributed by atoms with van der Waals surface area (Å²) in [6.45, 7) is 0. The zero-order valence-electron chi connectivity index (χ0n) is 12.0. The third kappa shape index (κ3) is 3.39. The number of hydrogen-bond donors (Lipinski definition) is 0. The minimum absolute atomic E-state index is 0.0344. The minimum Gasteiger partial charge on any atom is -0.423 e. The first kappa shape index (κ1) is 16.4. The van der Waals surface area contributed by atoms with Crippen LogP contribution in [0.25, 0.3) is 10.8 Å². The molecule has 0 atom stereocenters. The van der Waals surface area contributed by atoms with Crippen LogP contribution < -0.4 is 4.74 Å². The Bertz CT molecular complexity index is 974. The average molecular weight is 407 g/mol. The van der Waals surface area contributed by atoms with Gasteiger partial charge >= 0.3 is 5.97 Å². The van der Waals surface area contributed by atoms with Crippen molar-refractivity contribution in [1.82, 2.24) is 0 Å². The zero-order valence-corrected chi connectivity index (χ0v) is 14.4. The maximum Gasteiger partial charge on any atom is 0.343 e. The predicted molar refractivity (Wildman–Crippen MR) is 94.7 cm³/mol. The van der Waals surface area contributed by atoms with Crippen LogP contribution in [0.2, 0.25) is 5.02 Å². The molecule has 0 unspecified atom stereocenters. The Kier molecular flexibility index (Phi) is 4.51. The molecule has 0 spiro atoms. The molecule has 0 fully saturated rings. The second-order valence-corrected chi connectivity index (χ2v) is 6.29. The van der Waals surface area contributed by atoms with E-state index in [0.29, 0.717) is 5.75 Å². The molecule has 0 N–H and O–H groups in total. The Labute approximate surface area is 150 Å². The smallest absolute Gasteiger partial charge is 0.343 e. The second kappa shape index (κ2) is 6.59. The van der Waals surface area contributed by atoms with Crippen molar-refractivity contribution in [3.05, 3.63) is 79.8 Å². The number of benzene rings is 3. The number of hydrogen-bond acceptors (Lipinski definition) is 4. The first-order chi connectivity index (χ1) is 11.4. The number of ether oxygens (including phenoxy) is 1. The van der Waals surface area contributed by atoms with Crippen molar-refractivity contribution in [1.29, 1.82) is 0 Å². The molecule has 0 radical (unpaired) electrons. The van der Waals surface area contributed by atoms with E-state index in [1.54, 1.807) is 12.1 Å². The molecule has 0 aliphatic carbocycles. The van der Waals surface area contributed by atoms with Crippen LogP contribution in [0, 0.1) is 10.1 Å². The standard InChI is InChI=1S/C17H9BrClNO4/c18-13-4-1-11-8-14(5-2-10(11)7-13)24-17(21)12-3-6-15(19)16(9-12)20(22)23/h1-9H. The molecule has 24 heavy (non-hydrogen) atoms. The highest BCUT2D eigenvalue weighted by atomic mass is 79.9. The molecule has 0 aliphatic rings. The van der Waals surface area contributed by atoms with Gasteiger partial charge in [-0.2, -0.15) is 0 Å². The average Bonchev–Trinajstić information content (AvgIpc) is 2.55. The summed E-state index contributed by atoms with van der Waals surface area (Å²) in [6, 6.07) is 14.7. The summed E-state index contributed by atoms with van der Waals surface area (Å²) in [7, 11) is 0. The number of esters is 1. The molecule has 120 valence electrons. The lowest BCUT2D eigenvalue weighted by atomic mass is 10.1. The molecule has 0 amide bonds. The summed E-state index contributed by atoms with van der Waals surface area (Å²) in [4.78, 5) is 22.4. The number of fused-ring (bicyclic) bond motifs is 1. The van der Waals surface area contributed by atoms with Gasteiger partial charge in [-0.05, 0) is 47.2 Å². The van der Waals surface area contributed by atoms with Crippen LogP contribution in [0.15, 0.2) is 59.1 Å². The van der Waals surface area contributed by atoms with Crippen molar-refractivity contribution in [3.63, 3.8) is 0 Å². The molecule has 5 nitrogen and oxygen atoms in total. The molecule has 0 heterocycles. The van der Waals surface area contributed by atoms with E-state index >= 15 is 0 Å². The molecule has 3 aromatic rings. The number of nitro groups is 1. The van der Waals surface area contributed by atoms with Gasteiger partial charge in [-0.15, -0.1) is 0 Å². The third-order valence-electron chi connectivity index (χ3n) is 3.36. The van der Waals surface area contributed by atoms with Crippen molar-refractivity contribution in [2.45, 2.75) is 0 Å². The molecule has 0 saturated carbocycles.